The Labute approximate surface area is 120 Å². The highest BCUT2D eigenvalue weighted by Gasteiger charge is 2.24. The topological polar surface area (TPSA) is 37.8 Å². The van der Waals surface area contributed by atoms with Crippen LogP contribution in [0.5, 0.6) is 0 Å². The van der Waals surface area contributed by atoms with E-state index in [-0.39, 0.29) is 0 Å². The third kappa shape index (κ3) is 2.98. The molecule has 3 heteroatoms. The average Bonchev–Trinajstić information content (AvgIpc) is 2.46. The van der Waals surface area contributed by atoms with E-state index >= 15 is 0 Å². The van der Waals surface area contributed by atoms with Gasteiger partial charge in [0.1, 0.15) is 0 Å². The van der Waals surface area contributed by atoms with Gasteiger partial charge in [0.25, 0.3) is 0 Å². The van der Waals surface area contributed by atoms with Gasteiger partial charge >= 0.3 is 0 Å². The van der Waals surface area contributed by atoms with Gasteiger partial charge in [-0.15, -0.1) is 0 Å². The Morgan fingerprint density at radius 1 is 1.15 bits per heavy atom. The quantitative estimate of drug-likeness (QED) is 0.926. The van der Waals surface area contributed by atoms with Crippen LogP contribution in [-0.2, 0) is 6.54 Å². The maximum Gasteiger partial charge on any atom is 0.0890 e. The lowest BCUT2D eigenvalue weighted by molar-refractivity contribution is 0.226. The number of nitrogens with zero attached hydrogens (tertiary/aromatic N) is 2. The van der Waals surface area contributed by atoms with E-state index in [2.05, 4.69) is 29.1 Å². The molecule has 20 heavy (non-hydrogen) atoms. The molecule has 0 amide bonds. The maximum atomic E-state index is 4.67. The van der Waals surface area contributed by atoms with Crippen molar-refractivity contribution < 1.29 is 0 Å². The number of benzene rings is 1. The second kappa shape index (κ2) is 5.88. The van der Waals surface area contributed by atoms with Gasteiger partial charge < -0.3 is 5.32 Å². The lowest BCUT2D eigenvalue weighted by Crippen LogP contribution is -2.38. The van der Waals surface area contributed by atoms with Crippen LogP contribution in [0, 0.1) is 11.8 Å². The first-order valence-electron chi connectivity index (χ1n) is 7.66. The molecule has 0 bridgehead atoms. The van der Waals surface area contributed by atoms with Crippen LogP contribution in [0.15, 0.2) is 30.5 Å². The maximum absolute atomic E-state index is 4.67. The van der Waals surface area contributed by atoms with E-state index in [4.69, 9.17) is 0 Å². The van der Waals surface area contributed by atoms with Gasteiger partial charge in [0.2, 0.25) is 0 Å². The van der Waals surface area contributed by atoms with Crippen molar-refractivity contribution in [2.24, 2.45) is 11.8 Å². The van der Waals surface area contributed by atoms with Gasteiger partial charge in [-0.05, 0) is 43.2 Å². The Hall–Kier alpha value is -1.48. The molecule has 0 spiro atoms. The van der Waals surface area contributed by atoms with E-state index in [0.29, 0.717) is 6.04 Å². The monoisotopic (exact) mass is 269 g/mol. The van der Waals surface area contributed by atoms with E-state index in [1.807, 2.05) is 30.5 Å². The van der Waals surface area contributed by atoms with Crippen molar-refractivity contribution in [3.8, 4) is 0 Å². The molecule has 0 saturated heterocycles. The van der Waals surface area contributed by atoms with Crippen LogP contribution in [0.25, 0.3) is 11.0 Å². The van der Waals surface area contributed by atoms with E-state index in [0.717, 1.165) is 35.1 Å². The van der Waals surface area contributed by atoms with Crippen LogP contribution in [0.1, 0.15) is 38.8 Å². The summed E-state index contributed by atoms with van der Waals surface area (Å²) in [6.45, 7) is 5.54. The van der Waals surface area contributed by atoms with Crippen LogP contribution in [0.4, 0.5) is 0 Å². The molecule has 1 heterocycles. The number of nitrogens with one attached hydrogen (secondary N) is 1. The molecule has 1 N–H and O–H groups in total. The summed E-state index contributed by atoms with van der Waals surface area (Å²) in [5.74, 6) is 1.63. The Bertz CT molecular complexity index is 581. The zero-order chi connectivity index (χ0) is 13.9. The first-order valence-corrected chi connectivity index (χ1v) is 7.66. The van der Waals surface area contributed by atoms with Crippen LogP contribution < -0.4 is 5.32 Å². The van der Waals surface area contributed by atoms with Gasteiger partial charge in [-0.3, -0.25) is 4.98 Å². The summed E-state index contributed by atoms with van der Waals surface area (Å²) < 4.78 is 0. The molecule has 3 unspecified atom stereocenters. The summed E-state index contributed by atoms with van der Waals surface area (Å²) in [6, 6.07) is 8.67. The van der Waals surface area contributed by atoms with Crippen molar-refractivity contribution in [2.75, 3.05) is 0 Å². The van der Waals surface area contributed by atoms with Gasteiger partial charge in [-0.1, -0.05) is 26.0 Å². The lowest BCUT2D eigenvalue weighted by Gasteiger charge is -2.33. The summed E-state index contributed by atoms with van der Waals surface area (Å²) in [5.41, 5.74) is 2.99. The highest BCUT2D eigenvalue weighted by atomic mass is 14.9. The number of rotatable bonds is 3. The second-order valence-corrected chi connectivity index (χ2v) is 6.23. The minimum absolute atomic E-state index is 0.625. The molecule has 1 saturated carbocycles. The Balaban J connectivity index is 1.65. The molecule has 3 atom stereocenters. The Morgan fingerprint density at radius 2 is 1.95 bits per heavy atom. The minimum Gasteiger partial charge on any atom is -0.308 e. The Kier molecular flexibility index (Phi) is 3.97. The van der Waals surface area contributed by atoms with Crippen LogP contribution in [0.2, 0.25) is 0 Å². The zero-order valence-electron chi connectivity index (χ0n) is 12.3. The summed E-state index contributed by atoms with van der Waals surface area (Å²) >= 11 is 0. The average molecular weight is 269 g/mol. The van der Waals surface area contributed by atoms with E-state index < -0.39 is 0 Å². The number of fused-ring (bicyclic) bond motifs is 1. The lowest BCUT2D eigenvalue weighted by atomic mass is 9.80. The predicted molar refractivity (Wildman–Crippen MR) is 82.3 cm³/mol. The Morgan fingerprint density at radius 3 is 2.75 bits per heavy atom. The molecule has 0 aliphatic heterocycles. The van der Waals surface area contributed by atoms with Crippen LogP contribution in [-0.4, -0.2) is 16.0 Å². The molecule has 1 aliphatic rings. The predicted octanol–water partition coefficient (Wildman–Crippen LogP) is 3.54. The molecule has 106 valence electrons. The molecule has 1 aromatic heterocycles. The molecule has 0 radical (unpaired) electrons. The highest BCUT2D eigenvalue weighted by Crippen LogP contribution is 2.28. The van der Waals surface area contributed by atoms with Crippen molar-refractivity contribution in [1.82, 2.24) is 15.3 Å². The van der Waals surface area contributed by atoms with Crippen LogP contribution >= 0.6 is 0 Å². The van der Waals surface area contributed by atoms with Gasteiger partial charge in [-0.2, -0.15) is 0 Å². The largest absolute Gasteiger partial charge is 0.308 e. The van der Waals surface area contributed by atoms with E-state index in [1.165, 1.54) is 19.3 Å². The van der Waals surface area contributed by atoms with Gasteiger partial charge in [-0.25, -0.2) is 4.98 Å². The number of aromatic nitrogens is 2. The summed E-state index contributed by atoms with van der Waals surface area (Å²) in [6.07, 6.45) is 5.85. The highest BCUT2D eigenvalue weighted by molar-refractivity contribution is 5.73. The fourth-order valence-corrected chi connectivity index (χ4v) is 3.28. The third-order valence-corrected chi connectivity index (χ3v) is 4.48. The molecule has 1 aromatic carbocycles. The fourth-order valence-electron chi connectivity index (χ4n) is 3.28. The van der Waals surface area contributed by atoms with Crippen molar-refractivity contribution >= 4 is 11.0 Å². The van der Waals surface area contributed by atoms with Crippen molar-refractivity contribution in [3.05, 3.63) is 36.2 Å². The van der Waals surface area contributed by atoms with E-state index in [1.54, 1.807) is 0 Å². The first-order chi connectivity index (χ1) is 9.72. The van der Waals surface area contributed by atoms with Crippen molar-refractivity contribution in [3.63, 3.8) is 0 Å². The van der Waals surface area contributed by atoms with Gasteiger partial charge in [0, 0.05) is 12.6 Å². The van der Waals surface area contributed by atoms with Crippen molar-refractivity contribution in [1.29, 1.82) is 0 Å². The summed E-state index contributed by atoms with van der Waals surface area (Å²) in [4.78, 5) is 9.15. The molecular formula is C17H23N3. The van der Waals surface area contributed by atoms with Gasteiger partial charge in [0.05, 0.1) is 22.9 Å². The standard InChI is InChI=1S/C17H23N3/c1-12-7-8-15(13(2)9-12)18-10-14-11-19-16-5-3-4-6-17(16)20-14/h3-6,11-13,15,18H,7-10H2,1-2H3. The van der Waals surface area contributed by atoms with Crippen molar-refractivity contribution in [2.45, 2.75) is 45.7 Å². The van der Waals surface area contributed by atoms with Gasteiger partial charge in [0.15, 0.2) is 0 Å². The molecule has 1 fully saturated rings. The third-order valence-electron chi connectivity index (χ3n) is 4.48. The summed E-state index contributed by atoms with van der Waals surface area (Å²) in [5, 5.41) is 3.67. The smallest absolute Gasteiger partial charge is 0.0890 e. The van der Waals surface area contributed by atoms with E-state index in [9.17, 15) is 0 Å². The summed E-state index contributed by atoms with van der Waals surface area (Å²) in [7, 11) is 0. The SMILES string of the molecule is CC1CCC(NCc2cnc3ccccc3n2)C(C)C1. The zero-order valence-corrected chi connectivity index (χ0v) is 12.3. The minimum atomic E-state index is 0.625. The second-order valence-electron chi connectivity index (χ2n) is 6.23. The molecule has 3 rings (SSSR count). The molecule has 1 aliphatic carbocycles. The van der Waals surface area contributed by atoms with Crippen LogP contribution in [0.3, 0.4) is 0 Å². The number of hydrogen-bond donors (Lipinski definition) is 1. The molecular weight excluding hydrogens is 246 g/mol. The molecule has 2 aromatic rings. The number of para-hydroxylation sites is 2. The number of hydrogen-bond acceptors (Lipinski definition) is 3. The first kappa shape index (κ1) is 13.5. The fraction of sp³-hybridized carbons (Fsp3) is 0.529. The normalized spacial score (nSPS) is 26.8. The molecule has 3 nitrogen and oxygen atoms in total.